The predicted octanol–water partition coefficient (Wildman–Crippen LogP) is 5.48. The molecule has 4 rings (SSSR count). The molecule has 2 heterocycles. The van der Waals surface area contributed by atoms with Crippen LogP contribution in [-0.2, 0) is 0 Å². The highest BCUT2D eigenvalue weighted by Crippen LogP contribution is 2.28. The van der Waals surface area contributed by atoms with Gasteiger partial charge < -0.3 is 0 Å². The molecule has 0 aromatic heterocycles. The third-order valence-corrected chi connectivity index (χ3v) is 10.1. The van der Waals surface area contributed by atoms with Crippen molar-refractivity contribution in [3.8, 4) is 0 Å². The van der Waals surface area contributed by atoms with Crippen LogP contribution in [0.15, 0.2) is 60.7 Å². The Labute approximate surface area is 223 Å². The Bertz CT molecular complexity index is 747. The van der Waals surface area contributed by atoms with Crippen LogP contribution in [0.3, 0.4) is 0 Å². The zero-order chi connectivity index (χ0) is 23.6. The summed E-state index contributed by atoms with van der Waals surface area (Å²) < 4.78 is 0. The van der Waals surface area contributed by atoms with Crippen LogP contribution in [0.2, 0.25) is 0 Å². The number of rotatable bonds is 11. The summed E-state index contributed by atoms with van der Waals surface area (Å²) >= 11 is 13.4. The number of hydrogen-bond acceptors (Lipinski definition) is 6. The fourth-order valence-electron chi connectivity index (χ4n) is 4.52. The van der Waals surface area contributed by atoms with Crippen LogP contribution in [0.1, 0.15) is 22.1 Å². The fourth-order valence-corrected chi connectivity index (χ4v) is 7.26. The fraction of sp³-hybridized carbons (Fsp3) is 0.538. The summed E-state index contributed by atoms with van der Waals surface area (Å²) in [5, 5.41) is 0. The first kappa shape index (κ1) is 26.6. The zero-order valence-electron chi connectivity index (χ0n) is 19.8. The van der Waals surface area contributed by atoms with E-state index in [1.165, 1.54) is 35.7 Å². The van der Waals surface area contributed by atoms with Crippen LogP contribution in [-0.4, -0.2) is 96.6 Å². The maximum absolute atomic E-state index is 6.70. The summed E-state index contributed by atoms with van der Waals surface area (Å²) in [5.74, 6) is 2.37. The summed E-state index contributed by atoms with van der Waals surface area (Å²) in [7, 11) is 4.04. The molecule has 0 N–H and O–H groups in total. The molecular formula is C26H36Cl2N4S2. The van der Waals surface area contributed by atoms with Gasteiger partial charge in [-0.2, -0.15) is 0 Å². The van der Waals surface area contributed by atoms with Gasteiger partial charge in [0.05, 0.1) is 0 Å². The van der Waals surface area contributed by atoms with Gasteiger partial charge in [-0.25, -0.2) is 0 Å². The van der Waals surface area contributed by atoms with Crippen molar-refractivity contribution >= 4 is 44.8 Å². The number of alkyl halides is 2. The molecule has 0 amide bonds. The molecule has 2 atom stereocenters. The van der Waals surface area contributed by atoms with Crippen LogP contribution in [0.25, 0.3) is 0 Å². The Kier molecular flexibility index (Phi) is 11.2. The lowest BCUT2D eigenvalue weighted by atomic mass is 10.2. The number of hydrogen-bond donors (Lipinski definition) is 0. The van der Waals surface area contributed by atoms with Gasteiger partial charge in [0.1, 0.15) is 11.0 Å². The second-order valence-electron chi connectivity index (χ2n) is 8.89. The van der Waals surface area contributed by atoms with E-state index in [0.29, 0.717) is 0 Å². The molecule has 2 aliphatic rings. The van der Waals surface area contributed by atoms with E-state index in [9.17, 15) is 0 Å². The first-order chi connectivity index (χ1) is 16.7. The van der Waals surface area contributed by atoms with E-state index < -0.39 is 0 Å². The van der Waals surface area contributed by atoms with E-state index in [4.69, 9.17) is 23.2 Å². The van der Waals surface area contributed by atoms with Crippen molar-refractivity contribution in [3.63, 3.8) is 0 Å². The molecule has 8 heteroatoms. The third-order valence-electron chi connectivity index (χ3n) is 6.67. The molecule has 0 aliphatic carbocycles. The van der Waals surface area contributed by atoms with E-state index >= 15 is 0 Å². The minimum absolute atomic E-state index is 0.0104. The van der Waals surface area contributed by atoms with E-state index in [-0.39, 0.29) is 11.0 Å². The second-order valence-corrected chi connectivity index (χ2v) is 12.4. The van der Waals surface area contributed by atoms with Crippen LogP contribution in [0.5, 0.6) is 0 Å². The molecule has 2 unspecified atom stereocenters. The Morgan fingerprint density at radius 1 is 0.559 bits per heavy atom. The van der Waals surface area contributed by atoms with Crippen LogP contribution >= 0.6 is 44.8 Å². The van der Waals surface area contributed by atoms with Gasteiger partial charge >= 0.3 is 0 Å². The molecule has 0 bridgehead atoms. The summed E-state index contributed by atoms with van der Waals surface area (Å²) in [6.07, 6.45) is 0. The average Bonchev–Trinajstić information content (AvgIpc) is 2.91. The lowest BCUT2D eigenvalue weighted by Crippen LogP contribution is -2.47. The summed E-state index contributed by atoms with van der Waals surface area (Å²) in [5.41, 5.74) is 2.38. The van der Waals surface area contributed by atoms with E-state index in [0.717, 1.165) is 52.4 Å². The molecule has 0 saturated carbocycles. The van der Waals surface area contributed by atoms with Gasteiger partial charge in [-0.15, -0.1) is 23.2 Å². The van der Waals surface area contributed by atoms with Crippen LogP contribution in [0, 0.1) is 0 Å². The lowest BCUT2D eigenvalue weighted by molar-refractivity contribution is 0.127. The molecular weight excluding hydrogens is 503 g/mol. The Morgan fingerprint density at radius 2 is 0.912 bits per heavy atom. The third kappa shape index (κ3) is 8.04. The second kappa shape index (κ2) is 14.3. The highest BCUT2D eigenvalue weighted by molar-refractivity contribution is 8.76. The van der Waals surface area contributed by atoms with Crippen molar-refractivity contribution < 1.29 is 0 Å². The van der Waals surface area contributed by atoms with Crippen molar-refractivity contribution in [2.24, 2.45) is 0 Å². The number of piperazine rings is 2. The van der Waals surface area contributed by atoms with Crippen LogP contribution < -0.4 is 0 Å². The molecule has 2 aromatic rings. The summed E-state index contributed by atoms with van der Waals surface area (Å²) in [6, 6.07) is 20.8. The predicted molar refractivity (Wildman–Crippen MR) is 151 cm³/mol. The van der Waals surface area contributed by atoms with Gasteiger partial charge in [-0.1, -0.05) is 82.3 Å². The van der Waals surface area contributed by atoms with Gasteiger partial charge in [0.15, 0.2) is 0 Å². The topological polar surface area (TPSA) is 13.0 Å². The van der Waals surface area contributed by atoms with E-state index in [1.54, 1.807) is 0 Å². The molecule has 0 spiro atoms. The molecule has 0 radical (unpaired) electrons. The molecule has 2 fully saturated rings. The van der Waals surface area contributed by atoms with Crippen molar-refractivity contribution in [1.29, 1.82) is 0 Å². The summed E-state index contributed by atoms with van der Waals surface area (Å²) in [6.45, 7) is 10.9. The van der Waals surface area contributed by atoms with Crippen molar-refractivity contribution in [2.45, 2.75) is 11.0 Å². The Hall–Kier alpha value is -0.440. The van der Waals surface area contributed by atoms with Crippen LogP contribution in [0.4, 0.5) is 0 Å². The van der Waals surface area contributed by atoms with E-state index in [2.05, 4.69) is 68.1 Å². The first-order valence-corrected chi connectivity index (χ1v) is 15.6. The van der Waals surface area contributed by atoms with Gasteiger partial charge in [0, 0.05) is 77.0 Å². The molecule has 2 saturated heterocycles. The highest BCUT2D eigenvalue weighted by atomic mass is 35.5. The minimum Gasteiger partial charge on any atom is -0.300 e. The van der Waals surface area contributed by atoms with Crippen molar-refractivity contribution in [2.75, 3.05) is 77.0 Å². The Balaban J connectivity index is 1.02. The maximum atomic E-state index is 6.70. The monoisotopic (exact) mass is 538 g/mol. The average molecular weight is 540 g/mol. The smallest absolute Gasteiger partial charge is 0.111 e. The number of halogens is 2. The van der Waals surface area contributed by atoms with Gasteiger partial charge in [0.25, 0.3) is 0 Å². The Morgan fingerprint density at radius 3 is 1.26 bits per heavy atom. The molecule has 4 nitrogen and oxygen atoms in total. The van der Waals surface area contributed by atoms with E-state index in [1.807, 2.05) is 33.7 Å². The minimum atomic E-state index is -0.0104. The largest absolute Gasteiger partial charge is 0.300 e. The molecule has 2 aromatic carbocycles. The molecule has 34 heavy (non-hydrogen) atoms. The zero-order valence-corrected chi connectivity index (χ0v) is 22.9. The van der Waals surface area contributed by atoms with Crippen molar-refractivity contribution in [3.05, 3.63) is 71.8 Å². The first-order valence-electron chi connectivity index (χ1n) is 12.3. The normalized spacial score (nSPS) is 20.9. The van der Waals surface area contributed by atoms with Gasteiger partial charge in [-0.3, -0.25) is 19.6 Å². The quantitative estimate of drug-likeness (QED) is 0.161. The standard InChI is InChI=1S/C26H36Cl2N4S2/c27-25(23-7-3-1-4-8-23)31-15-11-29(12-16-31)19-21-33-34-22-20-30-13-17-32(18-14-30)26(28)24-9-5-2-6-10-24/h1-10,25-26H,11-22H2. The van der Waals surface area contributed by atoms with Crippen molar-refractivity contribution in [1.82, 2.24) is 19.6 Å². The van der Waals surface area contributed by atoms with Gasteiger partial charge in [-0.05, 0) is 11.1 Å². The van der Waals surface area contributed by atoms with Gasteiger partial charge in [0.2, 0.25) is 0 Å². The highest BCUT2D eigenvalue weighted by Gasteiger charge is 2.24. The maximum Gasteiger partial charge on any atom is 0.111 e. The molecule has 186 valence electrons. The molecule has 2 aliphatic heterocycles. The number of nitrogens with zero attached hydrogens (tertiary/aromatic N) is 4. The number of benzene rings is 2. The SMILES string of the molecule is ClC(c1ccccc1)N1CCN(CCSSCCN2CCN(C(Cl)c3ccccc3)CC2)CC1. The summed E-state index contributed by atoms with van der Waals surface area (Å²) in [4.78, 5) is 9.93. The lowest BCUT2D eigenvalue weighted by Gasteiger charge is -2.37.